The fourth-order valence-corrected chi connectivity index (χ4v) is 4.06. The van der Waals surface area contributed by atoms with E-state index in [0.29, 0.717) is 16.3 Å². The van der Waals surface area contributed by atoms with E-state index in [1.54, 1.807) is 30.3 Å². The summed E-state index contributed by atoms with van der Waals surface area (Å²) in [6.07, 6.45) is 0.791. The second kappa shape index (κ2) is 9.89. The first-order valence-electron chi connectivity index (χ1n) is 10.3. The Morgan fingerprint density at radius 2 is 1.62 bits per heavy atom. The lowest BCUT2D eigenvalue weighted by molar-refractivity contribution is -0.120. The molecular weight excluding hydrogens is 497 g/mol. The van der Waals surface area contributed by atoms with Crippen molar-refractivity contribution in [3.63, 3.8) is 0 Å². The molecule has 172 valence electrons. The number of para-hydroxylation sites is 1. The van der Waals surface area contributed by atoms with Crippen LogP contribution in [0.15, 0.2) is 77.5 Å². The van der Waals surface area contributed by atoms with Gasteiger partial charge in [0.1, 0.15) is 10.7 Å². The molecule has 0 aromatic heterocycles. The third-order valence-electron chi connectivity index (χ3n) is 5.24. The number of rotatable bonds is 6. The van der Waals surface area contributed by atoms with Gasteiger partial charge in [-0.1, -0.05) is 59.9 Å². The van der Waals surface area contributed by atoms with Gasteiger partial charge in [-0.3, -0.25) is 14.4 Å². The van der Waals surface area contributed by atoms with Crippen LogP contribution in [0.3, 0.4) is 0 Å². The summed E-state index contributed by atoms with van der Waals surface area (Å²) in [5.74, 6) is -1.65. The number of halogens is 3. The molecule has 0 aliphatic carbocycles. The summed E-state index contributed by atoms with van der Waals surface area (Å²) in [4.78, 5) is 39.2. The van der Waals surface area contributed by atoms with Crippen molar-refractivity contribution in [1.82, 2.24) is 0 Å². The van der Waals surface area contributed by atoms with Gasteiger partial charge >= 0.3 is 0 Å². The van der Waals surface area contributed by atoms with Crippen molar-refractivity contribution in [2.45, 2.75) is 13.3 Å². The highest BCUT2D eigenvalue weighted by Crippen LogP contribution is 2.35. The molecule has 2 N–H and O–H groups in total. The van der Waals surface area contributed by atoms with Gasteiger partial charge in [0.2, 0.25) is 0 Å². The topological polar surface area (TPSA) is 78.5 Å². The average molecular weight is 515 g/mol. The monoisotopic (exact) mass is 513 g/mol. The third kappa shape index (κ3) is 4.66. The normalized spacial score (nSPS) is 13.5. The van der Waals surface area contributed by atoms with Crippen molar-refractivity contribution in [2.75, 3.05) is 15.5 Å². The van der Waals surface area contributed by atoms with Crippen LogP contribution in [0.2, 0.25) is 10.0 Å². The molecule has 1 aliphatic heterocycles. The highest BCUT2D eigenvalue weighted by Gasteiger charge is 2.40. The first kappa shape index (κ1) is 23.8. The van der Waals surface area contributed by atoms with E-state index < -0.39 is 11.8 Å². The molecule has 1 heterocycles. The SMILES string of the molecule is CCc1ccccc1NC(=O)c1ccc(NC2=C(Cl)C(=O)N(c3cc(Cl)ccc3Cl)C2=O)cc1. The number of aryl methyl sites for hydroxylation is 1. The van der Waals surface area contributed by atoms with E-state index in [9.17, 15) is 14.4 Å². The number of imide groups is 1. The largest absolute Gasteiger partial charge is 0.350 e. The number of hydrogen-bond donors (Lipinski definition) is 2. The van der Waals surface area contributed by atoms with Crippen molar-refractivity contribution in [2.24, 2.45) is 0 Å². The Hall–Kier alpha value is -3.32. The molecule has 1 aliphatic rings. The molecular formula is C25H18Cl3N3O3. The maximum absolute atomic E-state index is 13.0. The predicted octanol–water partition coefficient (Wildman–Crippen LogP) is 6.24. The Morgan fingerprint density at radius 1 is 0.912 bits per heavy atom. The Morgan fingerprint density at radius 3 is 2.32 bits per heavy atom. The zero-order valence-corrected chi connectivity index (χ0v) is 20.1. The second-order valence-electron chi connectivity index (χ2n) is 7.40. The molecule has 0 saturated heterocycles. The molecule has 6 nitrogen and oxygen atoms in total. The van der Waals surface area contributed by atoms with Crippen LogP contribution in [-0.4, -0.2) is 17.7 Å². The summed E-state index contributed by atoms with van der Waals surface area (Å²) in [5.41, 5.74) is 2.72. The molecule has 0 atom stereocenters. The summed E-state index contributed by atoms with van der Waals surface area (Å²) in [7, 11) is 0. The lowest BCUT2D eigenvalue weighted by atomic mass is 10.1. The number of benzene rings is 3. The second-order valence-corrected chi connectivity index (χ2v) is 8.62. The molecule has 3 amide bonds. The maximum Gasteiger partial charge on any atom is 0.283 e. The fourth-order valence-electron chi connectivity index (χ4n) is 3.48. The van der Waals surface area contributed by atoms with E-state index >= 15 is 0 Å². The molecule has 0 unspecified atom stereocenters. The van der Waals surface area contributed by atoms with E-state index in [1.165, 1.54) is 12.1 Å². The van der Waals surface area contributed by atoms with Crippen LogP contribution in [0.5, 0.6) is 0 Å². The minimum Gasteiger partial charge on any atom is -0.350 e. The lowest BCUT2D eigenvalue weighted by Crippen LogP contribution is -2.32. The average Bonchev–Trinajstić information content (AvgIpc) is 3.04. The zero-order chi connectivity index (χ0) is 24.4. The summed E-state index contributed by atoms with van der Waals surface area (Å²) in [5, 5.41) is 5.98. The van der Waals surface area contributed by atoms with E-state index in [2.05, 4.69) is 10.6 Å². The lowest BCUT2D eigenvalue weighted by Gasteiger charge is -2.17. The molecule has 0 fully saturated rings. The highest BCUT2D eigenvalue weighted by atomic mass is 35.5. The number of nitrogens with one attached hydrogen (secondary N) is 2. The fraction of sp³-hybridized carbons (Fsp3) is 0.0800. The zero-order valence-electron chi connectivity index (χ0n) is 17.9. The first-order valence-corrected chi connectivity index (χ1v) is 11.4. The Labute approximate surface area is 211 Å². The molecule has 34 heavy (non-hydrogen) atoms. The van der Waals surface area contributed by atoms with Crippen LogP contribution in [0, 0.1) is 0 Å². The third-order valence-corrected chi connectivity index (χ3v) is 6.14. The molecule has 3 aromatic rings. The van der Waals surface area contributed by atoms with E-state index in [0.717, 1.165) is 22.6 Å². The summed E-state index contributed by atoms with van der Waals surface area (Å²) in [6, 6.07) is 18.5. The van der Waals surface area contributed by atoms with Crippen LogP contribution in [0.25, 0.3) is 0 Å². The van der Waals surface area contributed by atoms with Gasteiger partial charge in [0.05, 0.1) is 10.7 Å². The number of hydrogen-bond acceptors (Lipinski definition) is 4. The van der Waals surface area contributed by atoms with Gasteiger partial charge in [-0.2, -0.15) is 0 Å². The van der Waals surface area contributed by atoms with Crippen molar-refractivity contribution in [3.05, 3.63) is 98.6 Å². The molecule has 9 heteroatoms. The predicted molar refractivity (Wildman–Crippen MR) is 136 cm³/mol. The van der Waals surface area contributed by atoms with Gasteiger partial charge in [0, 0.05) is 22.0 Å². The minimum atomic E-state index is -0.719. The molecule has 0 radical (unpaired) electrons. The minimum absolute atomic E-state index is 0.100. The summed E-state index contributed by atoms with van der Waals surface area (Å²) in [6.45, 7) is 2.02. The molecule has 0 bridgehead atoms. The Balaban J connectivity index is 1.51. The van der Waals surface area contributed by atoms with Crippen molar-refractivity contribution >= 4 is 69.6 Å². The van der Waals surface area contributed by atoms with Crippen LogP contribution in [0.1, 0.15) is 22.8 Å². The summed E-state index contributed by atoms with van der Waals surface area (Å²) >= 11 is 18.3. The Kier molecular flexibility index (Phi) is 6.93. The van der Waals surface area contributed by atoms with Gasteiger partial charge in [0.25, 0.3) is 17.7 Å². The van der Waals surface area contributed by atoms with E-state index in [-0.39, 0.29) is 27.3 Å². The van der Waals surface area contributed by atoms with Crippen LogP contribution >= 0.6 is 34.8 Å². The van der Waals surface area contributed by atoms with Gasteiger partial charge in [-0.05, 0) is 60.5 Å². The highest BCUT2D eigenvalue weighted by molar-refractivity contribution is 6.54. The van der Waals surface area contributed by atoms with Crippen molar-refractivity contribution in [3.8, 4) is 0 Å². The molecule has 0 spiro atoms. The first-order chi connectivity index (χ1) is 16.3. The smallest absolute Gasteiger partial charge is 0.283 e. The van der Waals surface area contributed by atoms with E-state index in [1.807, 2.05) is 31.2 Å². The molecule has 4 rings (SSSR count). The van der Waals surface area contributed by atoms with Gasteiger partial charge in [-0.25, -0.2) is 4.90 Å². The number of anilines is 3. The molecule has 0 saturated carbocycles. The number of amides is 3. The maximum atomic E-state index is 13.0. The number of carbonyl (C=O) groups is 3. The van der Waals surface area contributed by atoms with Crippen LogP contribution in [-0.2, 0) is 16.0 Å². The van der Waals surface area contributed by atoms with Gasteiger partial charge < -0.3 is 10.6 Å². The van der Waals surface area contributed by atoms with Gasteiger partial charge in [-0.15, -0.1) is 0 Å². The van der Waals surface area contributed by atoms with Crippen molar-refractivity contribution in [1.29, 1.82) is 0 Å². The van der Waals surface area contributed by atoms with Crippen LogP contribution < -0.4 is 15.5 Å². The summed E-state index contributed by atoms with van der Waals surface area (Å²) < 4.78 is 0. The van der Waals surface area contributed by atoms with E-state index in [4.69, 9.17) is 34.8 Å². The number of nitrogens with zero attached hydrogens (tertiary/aromatic N) is 1. The van der Waals surface area contributed by atoms with Crippen LogP contribution in [0.4, 0.5) is 17.1 Å². The molecule has 3 aromatic carbocycles. The van der Waals surface area contributed by atoms with Crippen molar-refractivity contribution < 1.29 is 14.4 Å². The Bertz CT molecular complexity index is 1340. The quantitative estimate of drug-likeness (QED) is 0.382. The number of carbonyl (C=O) groups excluding carboxylic acids is 3. The van der Waals surface area contributed by atoms with Gasteiger partial charge in [0.15, 0.2) is 0 Å². The standard InChI is InChI=1S/C25H18Cl3N3O3/c1-2-14-5-3-4-6-19(14)30-23(32)15-7-10-17(11-8-15)29-22-21(28)24(33)31(25(22)34)20-13-16(26)9-12-18(20)27/h3-13,29H,2H2,1H3,(H,30,32).